The Balaban J connectivity index is 1.68. The largest absolute Gasteiger partial charge is 0.456 e. The van der Waals surface area contributed by atoms with E-state index >= 15 is 0 Å². The average molecular weight is 343 g/mol. The van der Waals surface area contributed by atoms with E-state index in [0.717, 1.165) is 37.3 Å². The van der Waals surface area contributed by atoms with Crippen molar-refractivity contribution < 1.29 is 14.3 Å². The van der Waals surface area contributed by atoms with Gasteiger partial charge in [0.15, 0.2) is 7.85 Å². The van der Waals surface area contributed by atoms with Crippen LogP contribution in [0.2, 0.25) is 0 Å². The maximum atomic E-state index is 12.3. The fourth-order valence-electron chi connectivity index (χ4n) is 3.01. The number of rotatable bonds is 3. The maximum Gasteiger partial charge on any atom is 0.338 e. The molecule has 1 aromatic heterocycles. The topological polar surface area (TPSA) is 62.7 Å². The van der Waals surface area contributed by atoms with Crippen molar-refractivity contribution in [3.8, 4) is 0 Å². The fourth-order valence-corrected chi connectivity index (χ4v) is 3.01. The summed E-state index contributed by atoms with van der Waals surface area (Å²) in [5.74, 6) is 1.01. The predicted molar refractivity (Wildman–Crippen MR) is 99.1 cm³/mol. The van der Waals surface area contributed by atoms with E-state index in [1.165, 1.54) is 0 Å². The monoisotopic (exact) mass is 343 g/mol. The van der Waals surface area contributed by atoms with Crippen LogP contribution < -0.4 is 10.5 Å². The van der Waals surface area contributed by atoms with Crippen LogP contribution in [-0.2, 0) is 9.53 Å². The van der Waals surface area contributed by atoms with Gasteiger partial charge in [0, 0.05) is 32.1 Å². The molecule has 0 aromatic carbocycles. The molecule has 1 aromatic rings. The molecule has 1 aliphatic carbocycles. The van der Waals surface area contributed by atoms with Crippen LogP contribution in [0, 0.1) is 5.92 Å². The van der Waals surface area contributed by atoms with Gasteiger partial charge >= 0.3 is 5.97 Å². The Kier molecular flexibility index (Phi) is 4.76. The number of anilines is 1. The molecule has 6 nitrogen and oxygen atoms in total. The number of hydrogen-bond acceptors (Lipinski definition) is 5. The normalized spacial score (nSPS) is 18.2. The van der Waals surface area contributed by atoms with Crippen molar-refractivity contribution in [2.24, 2.45) is 5.92 Å². The van der Waals surface area contributed by atoms with E-state index in [1.54, 1.807) is 12.1 Å². The first-order chi connectivity index (χ1) is 11.7. The number of aromatic nitrogens is 1. The van der Waals surface area contributed by atoms with Crippen molar-refractivity contribution in [2.45, 2.75) is 39.2 Å². The average Bonchev–Trinajstić information content (AvgIpc) is 3.37. The van der Waals surface area contributed by atoms with Gasteiger partial charge < -0.3 is 14.5 Å². The molecule has 1 saturated heterocycles. The molecule has 1 saturated carbocycles. The molecule has 7 heteroatoms. The number of carbonyl (C=O) groups is 2. The van der Waals surface area contributed by atoms with E-state index in [1.807, 2.05) is 33.5 Å². The second kappa shape index (κ2) is 6.69. The van der Waals surface area contributed by atoms with E-state index < -0.39 is 5.60 Å². The summed E-state index contributed by atoms with van der Waals surface area (Å²) < 4.78 is 5.46. The van der Waals surface area contributed by atoms with Crippen LogP contribution >= 0.6 is 0 Å². The van der Waals surface area contributed by atoms with Crippen molar-refractivity contribution >= 4 is 31.1 Å². The molecule has 0 bridgehead atoms. The number of ether oxygens (including phenoxy) is 1. The Morgan fingerprint density at radius 3 is 2.36 bits per heavy atom. The summed E-state index contributed by atoms with van der Waals surface area (Å²) in [4.78, 5) is 33.2. The highest BCUT2D eigenvalue weighted by molar-refractivity contribution is 6.31. The molecule has 2 heterocycles. The van der Waals surface area contributed by atoms with Crippen LogP contribution in [0.4, 0.5) is 5.82 Å². The van der Waals surface area contributed by atoms with Crippen LogP contribution in [0.3, 0.4) is 0 Å². The van der Waals surface area contributed by atoms with E-state index in [9.17, 15) is 9.59 Å². The van der Waals surface area contributed by atoms with E-state index in [0.29, 0.717) is 24.6 Å². The summed E-state index contributed by atoms with van der Waals surface area (Å²) in [6.45, 7) is 8.48. The highest BCUT2D eigenvalue weighted by Crippen LogP contribution is 2.31. The van der Waals surface area contributed by atoms with E-state index in [4.69, 9.17) is 4.74 Å². The molecule has 2 aliphatic rings. The first-order valence-electron chi connectivity index (χ1n) is 8.99. The highest BCUT2D eigenvalue weighted by Gasteiger charge is 2.34. The van der Waals surface area contributed by atoms with Crippen LogP contribution in [0.5, 0.6) is 0 Å². The molecule has 0 spiro atoms. The highest BCUT2D eigenvalue weighted by atomic mass is 16.6. The molecule has 0 radical (unpaired) electrons. The van der Waals surface area contributed by atoms with Crippen LogP contribution in [0.25, 0.3) is 0 Å². The standard InChI is InChI=1S/C18H26BN3O3/c1-18(2,3)25-17(24)13-10-14(19)20-15(11-13)21-6-8-22(9-7-21)16(23)12-4-5-12/h10-12H,4-9,19H2,1-3H3. The molecule has 3 rings (SSSR count). The first kappa shape index (κ1) is 17.8. The molecule has 0 atom stereocenters. The molecule has 0 unspecified atom stereocenters. The SMILES string of the molecule is Bc1cc(C(=O)OC(C)(C)C)cc(N2CCN(C(=O)C3CC3)CC2)n1. The molecule has 1 amide bonds. The van der Waals surface area contributed by atoms with Gasteiger partial charge in [-0.25, -0.2) is 9.78 Å². The number of hydrogen-bond donors (Lipinski definition) is 0. The van der Waals surface area contributed by atoms with Gasteiger partial charge in [-0.3, -0.25) is 4.79 Å². The third-order valence-corrected chi connectivity index (χ3v) is 4.42. The van der Waals surface area contributed by atoms with Gasteiger partial charge in [0.1, 0.15) is 11.4 Å². The minimum absolute atomic E-state index is 0.266. The summed E-state index contributed by atoms with van der Waals surface area (Å²) >= 11 is 0. The van der Waals surface area contributed by atoms with Crippen molar-refractivity contribution in [2.75, 3.05) is 31.1 Å². The van der Waals surface area contributed by atoms with Crippen molar-refractivity contribution in [1.29, 1.82) is 0 Å². The lowest BCUT2D eigenvalue weighted by Crippen LogP contribution is -2.49. The fraction of sp³-hybridized carbons (Fsp3) is 0.611. The molecular weight excluding hydrogens is 317 g/mol. The summed E-state index contributed by atoms with van der Waals surface area (Å²) in [5, 5.41) is 0. The number of esters is 1. The quantitative estimate of drug-likeness (QED) is 0.586. The van der Waals surface area contributed by atoms with Gasteiger partial charge in [-0.05, 0) is 51.3 Å². The van der Waals surface area contributed by atoms with Crippen LogP contribution in [-0.4, -0.2) is 61.4 Å². The molecule has 134 valence electrons. The molecule has 0 N–H and O–H groups in total. The van der Waals surface area contributed by atoms with Crippen molar-refractivity contribution in [3.05, 3.63) is 17.7 Å². The van der Waals surface area contributed by atoms with Gasteiger partial charge in [0.25, 0.3) is 0 Å². The zero-order valence-electron chi connectivity index (χ0n) is 15.5. The van der Waals surface area contributed by atoms with Gasteiger partial charge in [0.2, 0.25) is 5.91 Å². The molecule has 2 fully saturated rings. The number of carbonyl (C=O) groups excluding carboxylic acids is 2. The van der Waals surface area contributed by atoms with Gasteiger partial charge in [0.05, 0.1) is 5.56 Å². The minimum atomic E-state index is -0.525. The van der Waals surface area contributed by atoms with Crippen LogP contribution in [0.1, 0.15) is 44.0 Å². The summed E-state index contributed by atoms with van der Waals surface area (Å²) in [7, 11) is 1.88. The Hall–Kier alpha value is -2.05. The minimum Gasteiger partial charge on any atom is -0.456 e. The maximum absolute atomic E-state index is 12.3. The first-order valence-corrected chi connectivity index (χ1v) is 8.99. The van der Waals surface area contributed by atoms with Crippen LogP contribution in [0.15, 0.2) is 12.1 Å². The number of pyridine rings is 1. The molecule has 25 heavy (non-hydrogen) atoms. The zero-order chi connectivity index (χ0) is 18.2. The van der Waals surface area contributed by atoms with Gasteiger partial charge in [-0.1, -0.05) is 0 Å². The third kappa shape index (κ3) is 4.52. The smallest absolute Gasteiger partial charge is 0.338 e. The summed E-state index contributed by atoms with van der Waals surface area (Å²) in [6.07, 6.45) is 2.08. The van der Waals surface area contributed by atoms with Crippen molar-refractivity contribution in [3.63, 3.8) is 0 Å². The third-order valence-electron chi connectivity index (χ3n) is 4.42. The Bertz CT molecular complexity index is 675. The number of piperazine rings is 1. The molecular formula is C18H26BN3O3. The molecule has 1 aliphatic heterocycles. The summed E-state index contributed by atoms with van der Waals surface area (Å²) in [5.41, 5.74) is 0.784. The van der Waals surface area contributed by atoms with E-state index in [2.05, 4.69) is 9.88 Å². The Morgan fingerprint density at radius 2 is 1.80 bits per heavy atom. The van der Waals surface area contributed by atoms with E-state index in [-0.39, 0.29) is 11.9 Å². The second-order valence-electron chi connectivity index (χ2n) is 7.94. The second-order valence-corrected chi connectivity index (χ2v) is 7.94. The Morgan fingerprint density at radius 1 is 1.16 bits per heavy atom. The lowest BCUT2D eigenvalue weighted by molar-refractivity contribution is -0.132. The van der Waals surface area contributed by atoms with Gasteiger partial charge in [-0.2, -0.15) is 0 Å². The lowest BCUT2D eigenvalue weighted by Gasteiger charge is -2.35. The number of nitrogens with zero attached hydrogens (tertiary/aromatic N) is 3. The lowest BCUT2D eigenvalue weighted by atomic mass is 10.0. The summed E-state index contributed by atoms with van der Waals surface area (Å²) in [6, 6.07) is 3.55. The Labute approximate surface area is 149 Å². The van der Waals surface area contributed by atoms with Crippen molar-refractivity contribution in [1.82, 2.24) is 9.88 Å². The number of amides is 1. The predicted octanol–water partition coefficient (Wildman–Crippen LogP) is 0.354. The zero-order valence-corrected chi connectivity index (χ0v) is 15.5. The van der Waals surface area contributed by atoms with Gasteiger partial charge in [-0.15, -0.1) is 0 Å².